The van der Waals surface area contributed by atoms with E-state index < -0.39 is 35.3 Å². The summed E-state index contributed by atoms with van der Waals surface area (Å²) >= 11 is 0. The molecule has 2 heterocycles. The summed E-state index contributed by atoms with van der Waals surface area (Å²) in [6, 6.07) is 14.3. The Morgan fingerprint density at radius 1 is 1.00 bits per heavy atom. The van der Waals surface area contributed by atoms with Crippen molar-refractivity contribution in [3.8, 4) is 5.75 Å². The first-order valence-corrected chi connectivity index (χ1v) is 14.1. The summed E-state index contributed by atoms with van der Waals surface area (Å²) in [6.45, 7) is 4.69. The van der Waals surface area contributed by atoms with E-state index in [-0.39, 0.29) is 11.8 Å². The standard InChI is InChI=1S/C31H38N2O5/c1-3-18-38-24-16-12-22(13-17-24)27-25-26(31(32-27,30(36)37)19-21-8-6-5-7-9-21)29(35)33(28(25)34)23-14-10-20(4-2)11-15-23/h10-17,21,25-27,32H,3-9,18-19H2,1-2H3,(H,36,37). The van der Waals surface area contributed by atoms with Crippen LogP contribution < -0.4 is 15.0 Å². The van der Waals surface area contributed by atoms with Crippen LogP contribution in [0.25, 0.3) is 0 Å². The normalized spacial score (nSPS) is 27.5. The average molecular weight is 519 g/mol. The summed E-state index contributed by atoms with van der Waals surface area (Å²) in [4.78, 5) is 42.4. The molecule has 1 saturated carbocycles. The minimum Gasteiger partial charge on any atom is -0.494 e. The fourth-order valence-corrected chi connectivity index (χ4v) is 6.73. The molecular formula is C31H38N2O5. The molecule has 1 aliphatic carbocycles. The highest BCUT2D eigenvalue weighted by Crippen LogP contribution is 2.52. The predicted molar refractivity (Wildman–Crippen MR) is 145 cm³/mol. The van der Waals surface area contributed by atoms with Gasteiger partial charge in [-0.25, -0.2) is 4.90 Å². The molecule has 4 unspecified atom stereocenters. The van der Waals surface area contributed by atoms with Gasteiger partial charge in [0.05, 0.1) is 24.1 Å². The number of nitrogens with one attached hydrogen (secondary N) is 1. The lowest BCUT2D eigenvalue weighted by Crippen LogP contribution is -2.57. The van der Waals surface area contributed by atoms with Gasteiger partial charge >= 0.3 is 5.97 Å². The van der Waals surface area contributed by atoms with Crippen LogP contribution in [-0.4, -0.2) is 35.0 Å². The van der Waals surface area contributed by atoms with Gasteiger partial charge in [0.1, 0.15) is 11.3 Å². The summed E-state index contributed by atoms with van der Waals surface area (Å²) in [7, 11) is 0. The minimum absolute atomic E-state index is 0.206. The van der Waals surface area contributed by atoms with Crippen molar-refractivity contribution < 1.29 is 24.2 Å². The molecule has 0 aromatic heterocycles. The van der Waals surface area contributed by atoms with E-state index in [1.807, 2.05) is 50.2 Å². The number of benzene rings is 2. The van der Waals surface area contributed by atoms with Gasteiger partial charge in [-0.05, 0) is 60.6 Å². The van der Waals surface area contributed by atoms with Crippen molar-refractivity contribution in [3.63, 3.8) is 0 Å². The molecule has 38 heavy (non-hydrogen) atoms. The van der Waals surface area contributed by atoms with Crippen LogP contribution in [0.2, 0.25) is 0 Å². The molecule has 7 nitrogen and oxygen atoms in total. The zero-order chi connectivity index (χ0) is 26.9. The van der Waals surface area contributed by atoms with E-state index in [1.54, 1.807) is 12.1 Å². The van der Waals surface area contributed by atoms with E-state index in [1.165, 1.54) is 4.90 Å². The number of imide groups is 1. The Morgan fingerprint density at radius 3 is 2.29 bits per heavy atom. The van der Waals surface area contributed by atoms with Crippen molar-refractivity contribution in [3.05, 3.63) is 59.7 Å². The van der Waals surface area contributed by atoms with E-state index in [4.69, 9.17) is 4.74 Å². The van der Waals surface area contributed by atoms with Crippen molar-refractivity contribution >= 4 is 23.5 Å². The van der Waals surface area contributed by atoms with Gasteiger partial charge in [-0.15, -0.1) is 0 Å². The van der Waals surface area contributed by atoms with Gasteiger partial charge in [-0.2, -0.15) is 0 Å². The number of ether oxygens (including phenoxy) is 1. The van der Waals surface area contributed by atoms with E-state index in [0.29, 0.717) is 18.7 Å². The van der Waals surface area contributed by atoms with Gasteiger partial charge in [0.2, 0.25) is 11.8 Å². The fourth-order valence-electron chi connectivity index (χ4n) is 6.73. The van der Waals surface area contributed by atoms with Crippen LogP contribution in [0, 0.1) is 17.8 Å². The second-order valence-corrected chi connectivity index (χ2v) is 11.1. The molecule has 2 amide bonds. The molecule has 2 N–H and O–H groups in total. The first kappa shape index (κ1) is 26.4. The molecule has 2 saturated heterocycles. The molecule has 3 aliphatic rings. The maximum Gasteiger partial charge on any atom is 0.324 e. The number of anilines is 1. The van der Waals surface area contributed by atoms with Gasteiger partial charge < -0.3 is 9.84 Å². The third-order valence-electron chi connectivity index (χ3n) is 8.69. The van der Waals surface area contributed by atoms with Crippen LogP contribution >= 0.6 is 0 Å². The second kappa shape index (κ2) is 10.9. The Kier molecular flexibility index (Phi) is 7.57. The van der Waals surface area contributed by atoms with E-state index in [9.17, 15) is 19.5 Å². The number of hydrogen-bond donors (Lipinski definition) is 2. The van der Waals surface area contributed by atoms with Gasteiger partial charge in [-0.1, -0.05) is 70.2 Å². The predicted octanol–water partition coefficient (Wildman–Crippen LogP) is 5.28. The highest BCUT2D eigenvalue weighted by atomic mass is 16.5. The lowest BCUT2D eigenvalue weighted by atomic mass is 9.72. The number of carboxylic acids is 1. The Bertz CT molecular complexity index is 1170. The minimum atomic E-state index is -1.50. The molecule has 0 bridgehead atoms. The first-order valence-electron chi connectivity index (χ1n) is 14.1. The molecule has 5 rings (SSSR count). The lowest BCUT2D eigenvalue weighted by molar-refractivity contribution is -0.150. The second-order valence-electron chi connectivity index (χ2n) is 11.1. The van der Waals surface area contributed by atoms with Crippen LogP contribution in [0.4, 0.5) is 5.69 Å². The number of hydrogen-bond acceptors (Lipinski definition) is 5. The summed E-state index contributed by atoms with van der Waals surface area (Å²) in [5.41, 5.74) is 0.903. The number of amides is 2. The van der Waals surface area contributed by atoms with Gasteiger partial charge in [0.25, 0.3) is 0 Å². The van der Waals surface area contributed by atoms with Gasteiger partial charge in [0, 0.05) is 6.04 Å². The Hall–Kier alpha value is -3.19. The molecule has 202 valence electrons. The Morgan fingerprint density at radius 2 is 1.68 bits per heavy atom. The van der Waals surface area contributed by atoms with Crippen LogP contribution in [0.5, 0.6) is 5.75 Å². The topological polar surface area (TPSA) is 95.9 Å². The third-order valence-corrected chi connectivity index (χ3v) is 8.69. The van der Waals surface area contributed by atoms with Crippen LogP contribution in [0.1, 0.15) is 76.0 Å². The zero-order valence-corrected chi connectivity index (χ0v) is 22.3. The van der Waals surface area contributed by atoms with Crippen molar-refractivity contribution in [1.29, 1.82) is 0 Å². The van der Waals surface area contributed by atoms with Gasteiger partial charge in [0.15, 0.2) is 0 Å². The van der Waals surface area contributed by atoms with Crippen molar-refractivity contribution in [2.24, 2.45) is 17.8 Å². The number of rotatable bonds is 9. The summed E-state index contributed by atoms with van der Waals surface area (Å²) in [6.07, 6.45) is 7.28. The number of carbonyl (C=O) groups is 3. The molecule has 7 heteroatoms. The molecule has 3 fully saturated rings. The molecule has 0 spiro atoms. The zero-order valence-electron chi connectivity index (χ0n) is 22.3. The van der Waals surface area contributed by atoms with Crippen LogP contribution in [-0.2, 0) is 20.8 Å². The van der Waals surface area contributed by atoms with Gasteiger partial charge in [-0.3, -0.25) is 19.7 Å². The van der Waals surface area contributed by atoms with Crippen molar-refractivity contribution in [2.75, 3.05) is 11.5 Å². The molecule has 0 radical (unpaired) electrons. The number of nitrogens with zero attached hydrogens (tertiary/aromatic N) is 1. The SMILES string of the molecule is CCCOc1ccc(C2NC(CC3CCCCC3)(C(=O)O)C3C(=O)N(c4ccc(CC)cc4)C(=O)C23)cc1. The monoisotopic (exact) mass is 518 g/mol. The van der Waals surface area contributed by atoms with E-state index in [0.717, 1.165) is 61.8 Å². The molecular weight excluding hydrogens is 480 g/mol. The quantitative estimate of drug-likeness (QED) is 0.439. The number of aryl methyl sites for hydroxylation is 1. The lowest BCUT2D eigenvalue weighted by Gasteiger charge is -2.35. The van der Waals surface area contributed by atoms with E-state index in [2.05, 4.69) is 5.32 Å². The number of aliphatic carboxylic acids is 1. The largest absolute Gasteiger partial charge is 0.494 e. The fraction of sp³-hybridized carbons (Fsp3) is 0.516. The summed E-state index contributed by atoms with van der Waals surface area (Å²) in [5.74, 6) is -2.63. The third kappa shape index (κ3) is 4.62. The number of fused-ring (bicyclic) bond motifs is 1. The Labute approximate surface area is 224 Å². The van der Waals surface area contributed by atoms with Crippen molar-refractivity contribution in [1.82, 2.24) is 5.32 Å². The maximum absolute atomic E-state index is 14.0. The smallest absolute Gasteiger partial charge is 0.324 e. The average Bonchev–Trinajstić information content (AvgIpc) is 3.42. The molecule has 2 aromatic rings. The molecule has 2 aromatic carbocycles. The highest BCUT2D eigenvalue weighted by molar-refractivity contribution is 6.24. The number of carbonyl (C=O) groups excluding carboxylic acids is 2. The summed E-state index contributed by atoms with van der Waals surface area (Å²) in [5, 5.41) is 14.1. The van der Waals surface area contributed by atoms with Crippen LogP contribution in [0.3, 0.4) is 0 Å². The highest BCUT2D eigenvalue weighted by Gasteiger charge is 2.68. The van der Waals surface area contributed by atoms with E-state index >= 15 is 0 Å². The Balaban J connectivity index is 1.55. The molecule has 2 aliphatic heterocycles. The first-order chi connectivity index (χ1) is 18.4. The maximum atomic E-state index is 14.0. The molecule has 4 atom stereocenters. The number of carboxylic acid groups (broad SMARTS) is 1. The van der Waals surface area contributed by atoms with Crippen LogP contribution in [0.15, 0.2) is 48.5 Å². The van der Waals surface area contributed by atoms with Crippen molar-refractivity contribution in [2.45, 2.75) is 76.8 Å². The summed E-state index contributed by atoms with van der Waals surface area (Å²) < 4.78 is 5.73.